The summed E-state index contributed by atoms with van der Waals surface area (Å²) in [6.45, 7) is 2.03. The summed E-state index contributed by atoms with van der Waals surface area (Å²) < 4.78 is 29.5. The quantitative estimate of drug-likeness (QED) is 0.256. The van der Waals surface area contributed by atoms with Crippen molar-refractivity contribution in [1.29, 1.82) is 0 Å². The smallest absolute Gasteiger partial charge is 0.335 e. The first-order valence-electron chi connectivity index (χ1n) is 12.4. The Labute approximate surface area is 239 Å². The minimum absolute atomic E-state index is 0.109. The van der Waals surface area contributed by atoms with Crippen molar-refractivity contribution >= 4 is 52.8 Å². The number of rotatable bonds is 10. The highest BCUT2D eigenvalue weighted by Gasteiger charge is 2.37. The molecule has 4 rings (SSSR count). The second-order valence-electron chi connectivity index (χ2n) is 8.68. The molecule has 1 heterocycles. The molecule has 0 spiro atoms. The summed E-state index contributed by atoms with van der Waals surface area (Å²) in [5.74, 6) is -1.71. The molecule has 2 N–H and O–H groups in total. The van der Waals surface area contributed by atoms with Crippen molar-refractivity contribution in [3.8, 4) is 17.2 Å². The minimum Gasteiger partial charge on any atom is -0.493 e. The maximum atomic E-state index is 13.3. The number of hydrogen-bond acceptors (Lipinski definition) is 7. The van der Waals surface area contributed by atoms with Crippen LogP contribution >= 0.6 is 11.6 Å². The Balaban J connectivity index is 1.49. The van der Waals surface area contributed by atoms with Gasteiger partial charge in [0.1, 0.15) is 17.1 Å². The van der Waals surface area contributed by atoms with Crippen LogP contribution in [-0.2, 0) is 14.4 Å². The average Bonchev–Trinajstić information content (AvgIpc) is 2.95. The van der Waals surface area contributed by atoms with Gasteiger partial charge in [0.2, 0.25) is 0 Å². The molecule has 1 saturated heterocycles. The molecule has 3 aromatic rings. The lowest BCUT2D eigenvalue weighted by molar-refractivity contribution is -0.122. The number of anilines is 2. The number of carbonyl (C=O) groups excluding carboxylic acids is 4. The number of amides is 5. The van der Waals surface area contributed by atoms with E-state index in [9.17, 15) is 23.6 Å². The van der Waals surface area contributed by atoms with Gasteiger partial charge in [-0.2, -0.15) is 0 Å². The maximum Gasteiger partial charge on any atom is 0.335 e. The van der Waals surface area contributed by atoms with Crippen LogP contribution in [0.4, 0.5) is 20.6 Å². The Morgan fingerprint density at radius 3 is 2.41 bits per heavy atom. The first kappa shape index (κ1) is 29.1. The molecule has 212 valence electrons. The molecule has 1 aliphatic heterocycles. The van der Waals surface area contributed by atoms with Gasteiger partial charge >= 0.3 is 6.03 Å². The molecule has 10 nitrogen and oxygen atoms in total. The number of ether oxygens (including phenoxy) is 3. The fourth-order valence-electron chi connectivity index (χ4n) is 3.78. The first-order valence-corrected chi connectivity index (χ1v) is 12.8. The minimum atomic E-state index is -0.915. The molecule has 0 aromatic heterocycles. The van der Waals surface area contributed by atoms with Crippen LogP contribution in [0.2, 0.25) is 5.02 Å². The van der Waals surface area contributed by atoms with Crippen LogP contribution < -0.4 is 29.7 Å². The molecule has 1 aliphatic rings. The molecular weight excluding hydrogens is 557 g/mol. The van der Waals surface area contributed by atoms with E-state index in [1.807, 2.05) is 6.92 Å². The van der Waals surface area contributed by atoms with E-state index in [1.54, 1.807) is 6.07 Å². The molecule has 12 heteroatoms. The molecule has 41 heavy (non-hydrogen) atoms. The summed E-state index contributed by atoms with van der Waals surface area (Å²) in [4.78, 5) is 51.4. The lowest BCUT2D eigenvalue weighted by Gasteiger charge is -2.27. The molecule has 0 saturated carbocycles. The highest BCUT2D eigenvalue weighted by atomic mass is 35.5. The summed E-state index contributed by atoms with van der Waals surface area (Å²) in [5, 5.41) is 4.83. The van der Waals surface area contributed by atoms with Crippen LogP contribution in [0.1, 0.15) is 18.9 Å². The molecular formula is C29H25ClFN3O7. The Hall–Kier alpha value is -4.90. The van der Waals surface area contributed by atoms with Crippen molar-refractivity contribution < 1.29 is 37.8 Å². The zero-order valence-corrected chi connectivity index (χ0v) is 22.8. The van der Waals surface area contributed by atoms with Gasteiger partial charge < -0.3 is 19.5 Å². The summed E-state index contributed by atoms with van der Waals surface area (Å²) in [6.07, 6.45) is 2.06. The van der Waals surface area contributed by atoms with Crippen molar-refractivity contribution in [2.75, 3.05) is 30.5 Å². The van der Waals surface area contributed by atoms with Gasteiger partial charge in [-0.25, -0.2) is 14.1 Å². The van der Waals surface area contributed by atoms with Crippen LogP contribution in [0.25, 0.3) is 6.08 Å². The molecule has 0 bridgehead atoms. The van der Waals surface area contributed by atoms with Gasteiger partial charge in [-0.3, -0.25) is 19.7 Å². The van der Waals surface area contributed by atoms with Gasteiger partial charge in [0, 0.05) is 11.8 Å². The summed E-state index contributed by atoms with van der Waals surface area (Å²) in [6, 6.07) is 13.3. The fraction of sp³-hybridized carbons (Fsp3) is 0.172. The Morgan fingerprint density at radius 2 is 1.73 bits per heavy atom. The Morgan fingerprint density at radius 1 is 1.00 bits per heavy atom. The van der Waals surface area contributed by atoms with Crippen molar-refractivity contribution in [3.63, 3.8) is 0 Å². The van der Waals surface area contributed by atoms with E-state index in [0.717, 1.165) is 11.3 Å². The summed E-state index contributed by atoms with van der Waals surface area (Å²) in [7, 11) is 1.43. The predicted octanol–water partition coefficient (Wildman–Crippen LogP) is 4.96. The molecule has 3 aromatic carbocycles. The molecule has 0 unspecified atom stereocenters. The zero-order valence-electron chi connectivity index (χ0n) is 22.0. The maximum absolute atomic E-state index is 13.3. The van der Waals surface area contributed by atoms with Crippen molar-refractivity contribution in [1.82, 2.24) is 5.32 Å². The van der Waals surface area contributed by atoms with Crippen molar-refractivity contribution in [3.05, 3.63) is 82.6 Å². The van der Waals surface area contributed by atoms with Crippen molar-refractivity contribution in [2.24, 2.45) is 0 Å². The van der Waals surface area contributed by atoms with E-state index in [-0.39, 0.29) is 28.6 Å². The van der Waals surface area contributed by atoms with Gasteiger partial charge in [-0.15, -0.1) is 0 Å². The third kappa shape index (κ3) is 7.00. The van der Waals surface area contributed by atoms with Gasteiger partial charge in [-0.1, -0.05) is 24.6 Å². The number of hydrogen-bond donors (Lipinski definition) is 2. The number of urea groups is 1. The number of methoxy groups -OCH3 is 1. The Bertz CT molecular complexity index is 1530. The first-order chi connectivity index (χ1) is 19.7. The number of halogens is 2. The average molecular weight is 582 g/mol. The second kappa shape index (κ2) is 13.0. The van der Waals surface area contributed by atoms with E-state index in [4.69, 9.17) is 25.8 Å². The Kier molecular flexibility index (Phi) is 9.20. The summed E-state index contributed by atoms with van der Waals surface area (Å²) >= 11 is 6.31. The van der Waals surface area contributed by atoms with Gasteiger partial charge in [0.25, 0.3) is 17.7 Å². The number of nitrogens with zero attached hydrogens (tertiary/aromatic N) is 1. The third-order valence-electron chi connectivity index (χ3n) is 5.72. The number of nitrogens with one attached hydrogen (secondary N) is 2. The SMILES string of the molecule is CCCOc1ccc(N2C(=O)NC(=O)/C(=C/c3ccc(OCC(=O)Nc4ccc(F)cc4)c(Cl)c3)C2=O)cc1OC. The summed E-state index contributed by atoms with van der Waals surface area (Å²) in [5.41, 5.74) is 0.632. The second-order valence-corrected chi connectivity index (χ2v) is 9.08. The largest absolute Gasteiger partial charge is 0.493 e. The van der Waals surface area contributed by atoms with E-state index in [1.165, 1.54) is 67.8 Å². The normalized spacial score (nSPS) is 14.1. The number of imide groups is 2. The van der Waals surface area contributed by atoms with Crippen LogP contribution in [0.5, 0.6) is 17.2 Å². The number of benzene rings is 3. The highest BCUT2D eigenvalue weighted by molar-refractivity contribution is 6.39. The molecule has 1 fully saturated rings. The molecule has 0 aliphatic carbocycles. The third-order valence-corrected chi connectivity index (χ3v) is 6.02. The standard InChI is InChI=1S/C29H25ClFN3O7/c1-3-12-40-24-11-9-20(15-25(24)39-2)34-28(37)21(27(36)33-29(34)38)13-17-4-10-23(22(30)14-17)41-16-26(35)32-19-7-5-18(31)6-8-19/h4-11,13-15H,3,12,16H2,1-2H3,(H,32,35)(H,33,36,38)/b21-13-. The van der Waals surface area contributed by atoms with E-state index < -0.39 is 29.6 Å². The number of carbonyl (C=O) groups is 4. The van der Waals surface area contributed by atoms with Crippen LogP contribution in [0.15, 0.2) is 66.2 Å². The van der Waals surface area contributed by atoms with E-state index in [2.05, 4.69) is 10.6 Å². The van der Waals surface area contributed by atoms with Crippen LogP contribution in [0, 0.1) is 5.82 Å². The van der Waals surface area contributed by atoms with Gasteiger partial charge in [0.05, 0.1) is 24.4 Å². The lowest BCUT2D eigenvalue weighted by atomic mass is 10.1. The lowest BCUT2D eigenvalue weighted by Crippen LogP contribution is -2.54. The zero-order chi connectivity index (χ0) is 29.5. The number of barbiturate groups is 1. The van der Waals surface area contributed by atoms with Gasteiger partial charge in [0.15, 0.2) is 18.1 Å². The molecule has 0 atom stereocenters. The molecule has 0 radical (unpaired) electrons. The van der Waals surface area contributed by atoms with E-state index in [0.29, 0.717) is 29.4 Å². The van der Waals surface area contributed by atoms with Crippen LogP contribution in [-0.4, -0.2) is 44.1 Å². The predicted molar refractivity (Wildman–Crippen MR) is 150 cm³/mol. The van der Waals surface area contributed by atoms with Gasteiger partial charge in [-0.05, 0) is 66.6 Å². The monoisotopic (exact) mass is 581 g/mol. The van der Waals surface area contributed by atoms with Crippen molar-refractivity contribution in [2.45, 2.75) is 13.3 Å². The topological polar surface area (TPSA) is 123 Å². The van der Waals surface area contributed by atoms with E-state index >= 15 is 0 Å². The molecule has 5 amide bonds. The van der Waals surface area contributed by atoms with Crippen LogP contribution in [0.3, 0.4) is 0 Å². The highest BCUT2D eigenvalue weighted by Crippen LogP contribution is 2.34. The fourth-order valence-corrected chi connectivity index (χ4v) is 4.03.